The van der Waals surface area contributed by atoms with Crippen LogP contribution in [0, 0.1) is 0 Å². The Balaban J connectivity index is 2.73. The number of fused-ring (bicyclic) bond motifs is 1. The molecular formula is C10H9F6N6+. The first-order valence-electron chi connectivity index (χ1n) is 5.68. The van der Waals surface area contributed by atoms with Gasteiger partial charge in [0.1, 0.15) is 0 Å². The van der Waals surface area contributed by atoms with E-state index in [0.717, 1.165) is 14.1 Å². The fraction of sp³-hybridized carbons (Fsp3) is 0.400. The largest absolute Gasteiger partial charge is 0.547 e. The summed E-state index contributed by atoms with van der Waals surface area (Å²) < 4.78 is 78.5. The molecule has 0 amide bonds. The zero-order valence-corrected chi connectivity index (χ0v) is 11.2. The van der Waals surface area contributed by atoms with Crippen molar-refractivity contribution in [1.82, 2.24) is 24.9 Å². The number of alkyl halides is 6. The van der Waals surface area contributed by atoms with Crippen LogP contribution in [0.5, 0.6) is 0 Å². The summed E-state index contributed by atoms with van der Waals surface area (Å²) in [5.74, 6) is -1.27. The molecule has 0 saturated heterocycles. The van der Waals surface area contributed by atoms with Crippen molar-refractivity contribution in [2.45, 2.75) is 12.6 Å². The molecule has 6 nitrogen and oxygen atoms in total. The van der Waals surface area contributed by atoms with Crippen molar-refractivity contribution < 1.29 is 30.9 Å². The molecule has 2 rings (SSSR count). The highest BCUT2D eigenvalue weighted by Gasteiger charge is 2.63. The van der Waals surface area contributed by atoms with E-state index in [2.05, 4.69) is 15.3 Å². The SMILES string of the molecule is C[N+](C)=C(N(C(F)(F)F)C(F)(F)F)n1nnc2ncccc21. The Morgan fingerprint density at radius 1 is 1.14 bits per heavy atom. The number of pyridine rings is 1. The Hall–Kier alpha value is -2.40. The minimum atomic E-state index is -5.70. The van der Waals surface area contributed by atoms with E-state index in [1.807, 2.05) is 0 Å². The molecule has 0 spiro atoms. The van der Waals surface area contributed by atoms with E-state index < -0.39 is 23.5 Å². The summed E-state index contributed by atoms with van der Waals surface area (Å²) in [5, 5.41) is 6.81. The molecule has 0 unspecified atom stereocenters. The summed E-state index contributed by atoms with van der Waals surface area (Å²) >= 11 is 0. The van der Waals surface area contributed by atoms with Gasteiger partial charge in [0, 0.05) is 11.4 Å². The van der Waals surface area contributed by atoms with Gasteiger partial charge in [-0.2, -0.15) is 0 Å². The molecule has 0 bridgehead atoms. The minimum absolute atomic E-state index is 0.0776. The van der Waals surface area contributed by atoms with Crippen molar-refractivity contribution in [2.24, 2.45) is 0 Å². The number of aromatic nitrogens is 4. The summed E-state index contributed by atoms with van der Waals surface area (Å²) in [4.78, 5) is 2.08. The summed E-state index contributed by atoms with van der Waals surface area (Å²) in [7, 11) is 2.06. The maximum Gasteiger partial charge on any atom is 0.547 e. The molecule has 2 aromatic heterocycles. The molecule has 22 heavy (non-hydrogen) atoms. The van der Waals surface area contributed by atoms with Gasteiger partial charge >= 0.3 is 18.6 Å². The average Bonchev–Trinajstić information content (AvgIpc) is 2.76. The zero-order chi connectivity index (χ0) is 16.7. The smallest absolute Gasteiger partial charge is 0.268 e. The maximum atomic E-state index is 12.9. The van der Waals surface area contributed by atoms with Gasteiger partial charge in [0.25, 0.3) is 0 Å². The van der Waals surface area contributed by atoms with Gasteiger partial charge in [-0.1, -0.05) is 14.7 Å². The van der Waals surface area contributed by atoms with Crippen LogP contribution in [-0.2, 0) is 0 Å². The second-order valence-corrected chi connectivity index (χ2v) is 4.31. The highest BCUT2D eigenvalue weighted by atomic mass is 19.4. The van der Waals surface area contributed by atoms with Gasteiger partial charge in [0.2, 0.25) is 5.65 Å². The lowest BCUT2D eigenvalue weighted by molar-refractivity contribution is -0.486. The molecule has 0 N–H and O–H groups in total. The van der Waals surface area contributed by atoms with Crippen molar-refractivity contribution in [2.75, 3.05) is 14.1 Å². The van der Waals surface area contributed by atoms with Crippen LogP contribution < -0.4 is 0 Å². The standard InChI is InChI=1S/C10H9F6N6/c1-20(2)8(22(9(11,12)13)10(14,15)16)21-6-4-3-5-17-7(6)18-19-21/h3-5H,1-2H3/q+1. The third kappa shape index (κ3) is 2.80. The van der Waals surface area contributed by atoms with Gasteiger partial charge in [0.05, 0.1) is 14.1 Å². The first-order chi connectivity index (χ1) is 10.0. The molecule has 12 heteroatoms. The molecule has 2 aromatic rings. The molecule has 0 saturated carbocycles. The number of hydrogen-bond donors (Lipinski definition) is 0. The fourth-order valence-electron chi connectivity index (χ4n) is 1.77. The molecular weight excluding hydrogens is 318 g/mol. The highest BCUT2D eigenvalue weighted by molar-refractivity contribution is 5.86. The number of halogens is 6. The predicted molar refractivity (Wildman–Crippen MR) is 61.8 cm³/mol. The van der Waals surface area contributed by atoms with E-state index in [0.29, 0.717) is 9.26 Å². The Labute approximate surface area is 119 Å². The lowest BCUT2D eigenvalue weighted by atomic mass is 10.4. The Morgan fingerprint density at radius 3 is 2.23 bits per heavy atom. The van der Waals surface area contributed by atoms with E-state index in [1.165, 1.54) is 18.3 Å². The second-order valence-electron chi connectivity index (χ2n) is 4.31. The van der Waals surface area contributed by atoms with Crippen LogP contribution in [0.15, 0.2) is 18.3 Å². The van der Waals surface area contributed by atoms with Crippen LogP contribution in [0.2, 0.25) is 0 Å². The molecule has 0 atom stereocenters. The average molecular weight is 327 g/mol. The lowest BCUT2D eigenvalue weighted by Crippen LogP contribution is -2.56. The van der Waals surface area contributed by atoms with Crippen molar-refractivity contribution in [3.63, 3.8) is 0 Å². The molecule has 0 aliphatic rings. The minimum Gasteiger partial charge on any atom is -0.268 e. The van der Waals surface area contributed by atoms with Crippen molar-refractivity contribution >= 4 is 17.1 Å². The molecule has 0 aliphatic carbocycles. The van der Waals surface area contributed by atoms with Crippen molar-refractivity contribution in [1.29, 1.82) is 0 Å². The van der Waals surface area contributed by atoms with Gasteiger partial charge in [-0.15, -0.1) is 26.3 Å². The number of nitrogens with zero attached hydrogens (tertiary/aromatic N) is 6. The maximum absolute atomic E-state index is 12.9. The van der Waals surface area contributed by atoms with E-state index >= 15 is 0 Å². The zero-order valence-electron chi connectivity index (χ0n) is 11.2. The Kier molecular flexibility index (Phi) is 3.71. The van der Waals surface area contributed by atoms with Crippen LogP contribution >= 0.6 is 0 Å². The van der Waals surface area contributed by atoms with Crippen molar-refractivity contribution in [3.8, 4) is 0 Å². The first kappa shape index (κ1) is 16.0. The lowest BCUT2D eigenvalue weighted by Gasteiger charge is -2.23. The van der Waals surface area contributed by atoms with Gasteiger partial charge in [-0.05, 0) is 12.1 Å². The molecule has 2 heterocycles. The summed E-state index contributed by atoms with van der Waals surface area (Å²) in [6, 6.07) is 2.61. The van der Waals surface area contributed by atoms with Crippen LogP contribution in [0.3, 0.4) is 0 Å². The summed E-state index contributed by atoms with van der Waals surface area (Å²) in [6.45, 7) is 0. The fourth-order valence-corrected chi connectivity index (χ4v) is 1.77. The molecule has 0 fully saturated rings. The third-order valence-corrected chi connectivity index (χ3v) is 2.52. The normalized spacial score (nSPS) is 12.5. The molecule has 0 radical (unpaired) electrons. The number of hydrogen-bond acceptors (Lipinski definition) is 3. The van der Waals surface area contributed by atoms with Crippen LogP contribution in [-0.4, -0.2) is 62.1 Å². The quantitative estimate of drug-likeness (QED) is 0.243. The van der Waals surface area contributed by atoms with Gasteiger partial charge in [-0.25, -0.2) is 4.98 Å². The number of rotatable bonds is 0. The van der Waals surface area contributed by atoms with Crippen LogP contribution in [0.4, 0.5) is 26.3 Å². The summed E-state index contributed by atoms with van der Waals surface area (Å²) in [5.41, 5.74) is -0.171. The van der Waals surface area contributed by atoms with Crippen LogP contribution in [0.1, 0.15) is 0 Å². The molecule has 0 aromatic carbocycles. The summed E-state index contributed by atoms with van der Waals surface area (Å²) in [6.07, 6.45) is -10.1. The Bertz CT molecular complexity index is 697. The first-order valence-corrected chi connectivity index (χ1v) is 5.68. The van der Waals surface area contributed by atoms with E-state index in [1.54, 1.807) is 0 Å². The molecule has 0 aliphatic heterocycles. The predicted octanol–water partition coefficient (Wildman–Crippen LogP) is 1.64. The highest BCUT2D eigenvalue weighted by Crippen LogP contribution is 2.34. The van der Waals surface area contributed by atoms with Gasteiger partial charge in [-0.3, -0.25) is 4.58 Å². The third-order valence-electron chi connectivity index (χ3n) is 2.52. The van der Waals surface area contributed by atoms with E-state index in [4.69, 9.17) is 0 Å². The van der Waals surface area contributed by atoms with E-state index in [-0.39, 0.29) is 11.2 Å². The van der Waals surface area contributed by atoms with Crippen molar-refractivity contribution in [3.05, 3.63) is 18.3 Å². The van der Waals surface area contributed by atoms with Crippen LogP contribution in [0.25, 0.3) is 11.2 Å². The molecule has 120 valence electrons. The van der Waals surface area contributed by atoms with Gasteiger partial charge < -0.3 is 0 Å². The topological polar surface area (TPSA) is 49.9 Å². The second kappa shape index (κ2) is 5.10. The monoisotopic (exact) mass is 327 g/mol. The van der Waals surface area contributed by atoms with E-state index in [9.17, 15) is 26.3 Å². The Morgan fingerprint density at radius 2 is 1.73 bits per heavy atom. The van der Waals surface area contributed by atoms with Gasteiger partial charge in [0.15, 0.2) is 5.52 Å².